The third kappa shape index (κ3) is 2.23. The molecule has 1 heterocycles. The number of aliphatic hydroxyl groups is 1. The second kappa shape index (κ2) is 2.54. The smallest absolute Gasteiger partial charge is 0.329 e. The van der Waals surface area contributed by atoms with Gasteiger partial charge in [-0.15, -0.1) is 0 Å². The van der Waals surface area contributed by atoms with E-state index >= 15 is 0 Å². The van der Waals surface area contributed by atoms with Gasteiger partial charge in [0.15, 0.2) is 0 Å². The highest BCUT2D eigenvalue weighted by Crippen LogP contribution is 2.19. The summed E-state index contributed by atoms with van der Waals surface area (Å²) in [5, 5.41) is 17.5. The molecule has 11 heavy (non-hydrogen) atoms. The number of rotatable bonds is 2. The number of carboxylic acid groups (broad SMARTS) is 1. The maximum absolute atomic E-state index is 10.0. The summed E-state index contributed by atoms with van der Waals surface area (Å²) >= 11 is 0. The zero-order chi connectivity index (χ0) is 8.48. The normalized spacial score (nSPS) is 21.8. The molecule has 0 atom stereocenters. The number of hydrogen-bond donors (Lipinski definition) is 2. The average molecular weight is 157 g/mol. The molecular weight excluding hydrogens is 146 g/mol. The van der Waals surface area contributed by atoms with Gasteiger partial charge in [-0.2, -0.15) is 0 Å². The third-order valence-electron chi connectivity index (χ3n) is 1.52. The van der Waals surface area contributed by atoms with Gasteiger partial charge in [-0.05, 0) is 6.92 Å². The van der Waals surface area contributed by atoms with Gasteiger partial charge in [0.05, 0.1) is 5.60 Å². The van der Waals surface area contributed by atoms with Crippen molar-refractivity contribution in [2.75, 3.05) is 13.1 Å². The number of aliphatic carboxylic acids is 1. The summed E-state index contributed by atoms with van der Waals surface area (Å²) in [6.07, 6.45) is 2.54. The predicted molar refractivity (Wildman–Crippen MR) is 39.0 cm³/mol. The number of carbonyl (C=O) groups is 1. The molecule has 62 valence electrons. The summed E-state index contributed by atoms with van der Waals surface area (Å²) in [6.45, 7) is 2.74. The zero-order valence-electron chi connectivity index (χ0n) is 6.32. The molecule has 0 radical (unpaired) electrons. The molecule has 4 nitrogen and oxygen atoms in total. The number of β-amino-alcohol motifs (C(OH)–C–C–N with tert-alkyl or cyclic N) is 1. The SMILES string of the molecule is CC1(O)CN(/C=C/C(=O)O)C1. The van der Waals surface area contributed by atoms with Crippen LogP contribution in [0.2, 0.25) is 0 Å². The van der Waals surface area contributed by atoms with Crippen molar-refractivity contribution in [1.29, 1.82) is 0 Å². The van der Waals surface area contributed by atoms with Gasteiger partial charge in [0.2, 0.25) is 0 Å². The van der Waals surface area contributed by atoms with Gasteiger partial charge in [0.25, 0.3) is 0 Å². The van der Waals surface area contributed by atoms with E-state index < -0.39 is 11.6 Å². The van der Waals surface area contributed by atoms with Crippen LogP contribution in [-0.4, -0.2) is 39.8 Å². The Morgan fingerprint density at radius 2 is 2.18 bits per heavy atom. The first-order valence-corrected chi connectivity index (χ1v) is 3.37. The van der Waals surface area contributed by atoms with Crippen LogP contribution in [0.5, 0.6) is 0 Å². The lowest BCUT2D eigenvalue weighted by Gasteiger charge is -2.43. The number of carboxylic acids is 1. The minimum atomic E-state index is -0.962. The second-order valence-corrected chi connectivity index (χ2v) is 3.06. The van der Waals surface area contributed by atoms with Crippen LogP contribution < -0.4 is 0 Å². The van der Waals surface area contributed by atoms with E-state index in [1.807, 2.05) is 0 Å². The zero-order valence-corrected chi connectivity index (χ0v) is 6.32. The van der Waals surface area contributed by atoms with Crippen molar-refractivity contribution in [1.82, 2.24) is 4.90 Å². The van der Waals surface area contributed by atoms with Gasteiger partial charge in [-0.3, -0.25) is 0 Å². The maximum Gasteiger partial charge on any atom is 0.329 e. The minimum absolute atomic E-state index is 0.511. The van der Waals surface area contributed by atoms with Crippen LogP contribution in [0.1, 0.15) is 6.92 Å². The first kappa shape index (κ1) is 8.07. The summed E-state index contributed by atoms with van der Waals surface area (Å²) < 4.78 is 0. The van der Waals surface area contributed by atoms with Crippen molar-refractivity contribution in [2.24, 2.45) is 0 Å². The van der Waals surface area contributed by atoms with Crippen molar-refractivity contribution in [3.63, 3.8) is 0 Å². The van der Waals surface area contributed by atoms with E-state index in [0.29, 0.717) is 13.1 Å². The second-order valence-electron chi connectivity index (χ2n) is 3.06. The summed E-state index contributed by atoms with van der Waals surface area (Å²) in [6, 6.07) is 0. The van der Waals surface area contributed by atoms with Crippen LogP contribution in [0, 0.1) is 0 Å². The molecule has 1 saturated heterocycles. The first-order chi connectivity index (χ1) is 4.99. The standard InChI is InChI=1S/C7H11NO3/c1-7(11)4-8(5-7)3-2-6(9)10/h2-3,11H,4-5H2,1H3,(H,9,10)/b3-2+. The Morgan fingerprint density at radius 3 is 2.55 bits per heavy atom. The number of hydrogen-bond acceptors (Lipinski definition) is 3. The van der Waals surface area contributed by atoms with Crippen molar-refractivity contribution in [3.05, 3.63) is 12.3 Å². The van der Waals surface area contributed by atoms with Gasteiger partial charge in [0.1, 0.15) is 0 Å². The lowest BCUT2D eigenvalue weighted by atomic mass is 9.98. The summed E-state index contributed by atoms with van der Waals surface area (Å²) in [5.41, 5.74) is -0.636. The molecule has 1 fully saturated rings. The van der Waals surface area contributed by atoms with E-state index in [-0.39, 0.29) is 0 Å². The Morgan fingerprint density at radius 1 is 1.64 bits per heavy atom. The lowest BCUT2D eigenvalue weighted by molar-refractivity contribution is -0.131. The Labute approximate surface area is 64.7 Å². The average Bonchev–Trinajstić information content (AvgIpc) is 1.78. The molecule has 0 saturated carbocycles. The molecule has 2 N–H and O–H groups in total. The minimum Gasteiger partial charge on any atom is -0.478 e. The van der Waals surface area contributed by atoms with Gasteiger partial charge in [-0.25, -0.2) is 4.79 Å². The number of likely N-dealkylation sites (tertiary alicyclic amines) is 1. The quantitative estimate of drug-likeness (QED) is 0.538. The van der Waals surface area contributed by atoms with Crippen molar-refractivity contribution >= 4 is 5.97 Å². The molecule has 0 amide bonds. The molecule has 1 aliphatic heterocycles. The van der Waals surface area contributed by atoms with Gasteiger partial charge < -0.3 is 15.1 Å². The first-order valence-electron chi connectivity index (χ1n) is 3.37. The molecule has 0 bridgehead atoms. The van der Waals surface area contributed by atoms with Crippen molar-refractivity contribution < 1.29 is 15.0 Å². The highest BCUT2D eigenvalue weighted by molar-refractivity contribution is 5.79. The predicted octanol–water partition coefficient (Wildman–Crippen LogP) is -0.349. The topological polar surface area (TPSA) is 60.8 Å². The molecule has 1 aliphatic rings. The van der Waals surface area contributed by atoms with E-state index in [9.17, 15) is 9.90 Å². The summed E-state index contributed by atoms with van der Waals surface area (Å²) in [7, 11) is 0. The van der Waals surface area contributed by atoms with Crippen LogP contribution in [0.4, 0.5) is 0 Å². The molecule has 1 rings (SSSR count). The fourth-order valence-corrected chi connectivity index (χ4v) is 1.10. The fourth-order valence-electron chi connectivity index (χ4n) is 1.10. The van der Waals surface area contributed by atoms with Crippen LogP contribution in [0.3, 0.4) is 0 Å². The molecule has 0 aliphatic carbocycles. The Hall–Kier alpha value is -1.03. The molecule has 4 heteroatoms. The maximum atomic E-state index is 10.0. The van der Waals surface area contributed by atoms with Crippen molar-refractivity contribution in [3.8, 4) is 0 Å². The molecule has 0 spiro atoms. The van der Waals surface area contributed by atoms with Crippen LogP contribution in [0.15, 0.2) is 12.3 Å². The highest BCUT2D eigenvalue weighted by Gasteiger charge is 2.34. The largest absolute Gasteiger partial charge is 0.478 e. The van der Waals surface area contributed by atoms with Crippen molar-refractivity contribution in [2.45, 2.75) is 12.5 Å². The lowest BCUT2D eigenvalue weighted by Crippen LogP contribution is -2.57. The summed E-state index contributed by atoms with van der Waals surface area (Å²) in [4.78, 5) is 11.8. The van der Waals surface area contributed by atoms with Gasteiger partial charge >= 0.3 is 5.97 Å². The fraction of sp³-hybridized carbons (Fsp3) is 0.571. The number of nitrogens with zero attached hydrogens (tertiary/aromatic N) is 1. The molecule has 0 unspecified atom stereocenters. The summed E-state index contributed by atoms with van der Waals surface area (Å²) in [5.74, 6) is -0.962. The van der Waals surface area contributed by atoms with Crippen LogP contribution >= 0.6 is 0 Å². The monoisotopic (exact) mass is 157 g/mol. The Kier molecular flexibility index (Phi) is 1.87. The molecular formula is C7H11NO3. The Bertz CT molecular complexity index is 190. The highest BCUT2D eigenvalue weighted by atomic mass is 16.4. The van der Waals surface area contributed by atoms with E-state index in [2.05, 4.69) is 0 Å². The van der Waals surface area contributed by atoms with Gasteiger partial charge in [0, 0.05) is 25.4 Å². The van der Waals surface area contributed by atoms with E-state index in [0.717, 1.165) is 6.08 Å². The van der Waals surface area contributed by atoms with Crippen LogP contribution in [0.25, 0.3) is 0 Å². The van der Waals surface area contributed by atoms with Gasteiger partial charge in [-0.1, -0.05) is 0 Å². The molecule has 0 aromatic heterocycles. The van der Waals surface area contributed by atoms with Crippen LogP contribution in [-0.2, 0) is 4.79 Å². The molecule has 0 aromatic carbocycles. The van der Waals surface area contributed by atoms with E-state index in [1.165, 1.54) is 6.20 Å². The third-order valence-corrected chi connectivity index (χ3v) is 1.52. The van der Waals surface area contributed by atoms with E-state index in [4.69, 9.17) is 5.11 Å². The molecule has 0 aromatic rings. The van der Waals surface area contributed by atoms with E-state index in [1.54, 1.807) is 11.8 Å². The Balaban J connectivity index is 2.29.